The molecule has 7 heteroatoms. The van der Waals surface area contributed by atoms with Gasteiger partial charge in [0.2, 0.25) is 0 Å². The van der Waals surface area contributed by atoms with Crippen LogP contribution < -0.4 is 15.4 Å². The van der Waals surface area contributed by atoms with E-state index in [0.29, 0.717) is 18.0 Å². The Morgan fingerprint density at radius 1 is 1.41 bits per heavy atom. The first-order valence-corrected chi connectivity index (χ1v) is 6.67. The summed E-state index contributed by atoms with van der Waals surface area (Å²) in [6, 6.07) is 8.87. The van der Waals surface area contributed by atoms with Crippen molar-refractivity contribution < 1.29 is 19.4 Å². The minimum absolute atomic E-state index is 0.0390. The van der Waals surface area contributed by atoms with Gasteiger partial charge in [-0.05, 0) is 19.1 Å². The lowest BCUT2D eigenvalue weighted by Crippen LogP contribution is -2.27. The van der Waals surface area contributed by atoms with Crippen LogP contribution >= 0.6 is 0 Å². The molecule has 0 saturated carbocycles. The summed E-state index contributed by atoms with van der Waals surface area (Å²) in [4.78, 5) is 22.1. The number of carboxylic acid groups (broad SMARTS) is 1. The number of anilines is 1. The Kier molecular flexibility index (Phi) is 6.99. The van der Waals surface area contributed by atoms with Gasteiger partial charge in [-0.1, -0.05) is 12.1 Å². The number of nitrogens with one attached hydrogen (secondary N) is 2. The van der Waals surface area contributed by atoms with Crippen molar-refractivity contribution in [2.75, 3.05) is 18.5 Å². The lowest BCUT2D eigenvalue weighted by molar-refractivity contribution is -0.136. The average molecular weight is 303 g/mol. The molecule has 0 saturated heterocycles. The molecule has 0 bridgehead atoms. The van der Waals surface area contributed by atoms with Crippen molar-refractivity contribution in [2.24, 2.45) is 0 Å². The fourth-order valence-electron chi connectivity index (χ4n) is 1.54. The molecule has 0 unspecified atom stereocenters. The number of carbonyl (C=O) groups is 2. The van der Waals surface area contributed by atoms with Crippen LogP contribution in [-0.4, -0.2) is 30.1 Å². The fourth-order valence-corrected chi connectivity index (χ4v) is 1.54. The summed E-state index contributed by atoms with van der Waals surface area (Å²) < 4.78 is 5.41. The largest absolute Gasteiger partial charge is 0.492 e. The van der Waals surface area contributed by atoms with Gasteiger partial charge in [0.1, 0.15) is 17.4 Å². The molecule has 0 radical (unpaired) electrons. The van der Waals surface area contributed by atoms with Crippen LogP contribution in [0.1, 0.15) is 13.3 Å². The minimum Gasteiger partial charge on any atom is -0.492 e. The van der Waals surface area contributed by atoms with Crippen LogP contribution in [0.2, 0.25) is 0 Å². The number of benzene rings is 1. The van der Waals surface area contributed by atoms with E-state index in [1.165, 1.54) is 6.20 Å². The van der Waals surface area contributed by atoms with E-state index >= 15 is 0 Å². The van der Waals surface area contributed by atoms with E-state index in [-0.39, 0.29) is 18.5 Å². The van der Waals surface area contributed by atoms with Gasteiger partial charge in [0.25, 0.3) is 5.91 Å². The van der Waals surface area contributed by atoms with E-state index < -0.39 is 11.9 Å². The Balaban J connectivity index is 2.71. The third kappa shape index (κ3) is 5.54. The number of carboxylic acids is 1. The fraction of sp³-hybridized carbons (Fsp3) is 0.267. The monoisotopic (exact) mass is 303 g/mol. The van der Waals surface area contributed by atoms with Crippen molar-refractivity contribution >= 4 is 17.6 Å². The maximum Gasteiger partial charge on any atom is 0.305 e. The van der Waals surface area contributed by atoms with Gasteiger partial charge >= 0.3 is 5.97 Å². The smallest absolute Gasteiger partial charge is 0.305 e. The number of para-hydroxylation sites is 2. The normalized spacial score (nSPS) is 10.5. The number of hydrogen-bond acceptors (Lipinski definition) is 5. The van der Waals surface area contributed by atoms with Crippen molar-refractivity contribution in [1.29, 1.82) is 5.26 Å². The highest BCUT2D eigenvalue weighted by Crippen LogP contribution is 2.23. The zero-order valence-corrected chi connectivity index (χ0v) is 12.1. The molecule has 0 heterocycles. The molecule has 116 valence electrons. The summed E-state index contributed by atoms with van der Waals surface area (Å²) in [5, 5.41) is 22.7. The second-order valence-electron chi connectivity index (χ2n) is 4.14. The topological polar surface area (TPSA) is 111 Å². The van der Waals surface area contributed by atoms with E-state index in [1.54, 1.807) is 24.3 Å². The Labute approximate surface area is 128 Å². The highest BCUT2D eigenvalue weighted by Gasteiger charge is 2.09. The van der Waals surface area contributed by atoms with Crippen molar-refractivity contribution in [2.45, 2.75) is 13.3 Å². The van der Waals surface area contributed by atoms with Crippen LogP contribution in [0.25, 0.3) is 0 Å². The van der Waals surface area contributed by atoms with E-state index in [2.05, 4.69) is 10.6 Å². The highest BCUT2D eigenvalue weighted by atomic mass is 16.5. The summed E-state index contributed by atoms with van der Waals surface area (Å²) in [5.41, 5.74) is 0.465. The molecule has 1 aromatic carbocycles. The van der Waals surface area contributed by atoms with Crippen LogP contribution in [0.4, 0.5) is 5.69 Å². The van der Waals surface area contributed by atoms with Crippen molar-refractivity contribution in [1.82, 2.24) is 5.32 Å². The van der Waals surface area contributed by atoms with Crippen molar-refractivity contribution in [3.8, 4) is 11.8 Å². The minimum atomic E-state index is -1.02. The number of nitriles is 1. The van der Waals surface area contributed by atoms with Crippen molar-refractivity contribution in [3.63, 3.8) is 0 Å². The Hall–Kier alpha value is -3.01. The Bertz CT molecular complexity index is 605. The molecule has 0 aliphatic carbocycles. The van der Waals surface area contributed by atoms with Gasteiger partial charge in [-0.2, -0.15) is 5.26 Å². The summed E-state index contributed by atoms with van der Waals surface area (Å²) in [7, 11) is 0. The first-order chi connectivity index (χ1) is 10.6. The maximum atomic E-state index is 11.7. The van der Waals surface area contributed by atoms with Crippen LogP contribution in [0.3, 0.4) is 0 Å². The lowest BCUT2D eigenvalue weighted by Gasteiger charge is -2.09. The first-order valence-electron chi connectivity index (χ1n) is 6.67. The molecule has 0 aliphatic rings. The van der Waals surface area contributed by atoms with Crippen LogP contribution in [0.5, 0.6) is 5.75 Å². The summed E-state index contributed by atoms with van der Waals surface area (Å²) >= 11 is 0. The van der Waals surface area contributed by atoms with Gasteiger partial charge < -0.3 is 20.5 Å². The molecule has 1 aromatic rings. The van der Waals surface area contributed by atoms with Gasteiger partial charge in [-0.3, -0.25) is 9.59 Å². The summed E-state index contributed by atoms with van der Waals surface area (Å²) in [6.45, 7) is 2.30. The van der Waals surface area contributed by atoms with E-state index in [4.69, 9.17) is 15.1 Å². The van der Waals surface area contributed by atoms with Gasteiger partial charge in [-0.15, -0.1) is 0 Å². The van der Waals surface area contributed by atoms with Gasteiger partial charge in [0, 0.05) is 12.7 Å². The van der Waals surface area contributed by atoms with Crippen LogP contribution in [0, 0.1) is 11.3 Å². The highest BCUT2D eigenvalue weighted by molar-refractivity contribution is 5.97. The number of nitrogens with zero attached hydrogens (tertiary/aromatic N) is 1. The molecule has 1 amide bonds. The zero-order valence-electron chi connectivity index (χ0n) is 12.1. The van der Waals surface area contributed by atoms with Gasteiger partial charge in [0.15, 0.2) is 0 Å². The summed E-state index contributed by atoms with van der Waals surface area (Å²) in [5.74, 6) is -1.05. The second kappa shape index (κ2) is 9.02. The predicted octanol–water partition coefficient (Wildman–Crippen LogP) is 1.50. The molecule has 0 fully saturated rings. The molecule has 22 heavy (non-hydrogen) atoms. The number of amides is 1. The first kappa shape index (κ1) is 17.0. The SMILES string of the molecule is CCOc1ccccc1N/C=C(/C#N)C(=O)NCCC(=O)O. The number of carbonyl (C=O) groups excluding carboxylic acids is 1. The molecular weight excluding hydrogens is 286 g/mol. The Morgan fingerprint density at radius 3 is 2.77 bits per heavy atom. The third-order valence-electron chi connectivity index (χ3n) is 2.55. The molecule has 0 aromatic heterocycles. The molecule has 3 N–H and O–H groups in total. The van der Waals surface area contributed by atoms with E-state index in [0.717, 1.165) is 0 Å². The van der Waals surface area contributed by atoms with Gasteiger partial charge in [0.05, 0.1) is 18.7 Å². The number of hydrogen-bond donors (Lipinski definition) is 3. The van der Waals surface area contributed by atoms with Crippen molar-refractivity contribution in [3.05, 3.63) is 36.0 Å². The van der Waals surface area contributed by atoms with Crippen LogP contribution in [0.15, 0.2) is 36.0 Å². The molecule has 1 rings (SSSR count). The summed E-state index contributed by atoms with van der Waals surface area (Å²) in [6.07, 6.45) is 1.05. The lowest BCUT2D eigenvalue weighted by atomic mass is 10.2. The second-order valence-corrected chi connectivity index (χ2v) is 4.14. The number of rotatable bonds is 8. The number of ether oxygens (including phenoxy) is 1. The molecule has 7 nitrogen and oxygen atoms in total. The maximum absolute atomic E-state index is 11.7. The molecule has 0 aliphatic heterocycles. The predicted molar refractivity (Wildman–Crippen MR) is 80.2 cm³/mol. The molecule has 0 spiro atoms. The third-order valence-corrected chi connectivity index (χ3v) is 2.55. The van der Waals surface area contributed by atoms with E-state index in [9.17, 15) is 9.59 Å². The zero-order chi connectivity index (χ0) is 16.4. The number of aliphatic carboxylic acids is 1. The standard InChI is InChI=1S/C15H17N3O4/c1-2-22-13-6-4-3-5-12(13)18-10-11(9-16)15(21)17-8-7-14(19)20/h3-6,10,18H,2,7-8H2,1H3,(H,17,21)(H,19,20)/b11-10-. The molecular formula is C15H17N3O4. The quantitative estimate of drug-likeness (QED) is 0.495. The van der Waals surface area contributed by atoms with E-state index in [1.807, 2.05) is 13.0 Å². The Morgan fingerprint density at radius 2 is 2.14 bits per heavy atom. The average Bonchev–Trinajstić information content (AvgIpc) is 2.49. The van der Waals surface area contributed by atoms with Gasteiger partial charge in [-0.25, -0.2) is 0 Å². The molecule has 0 atom stereocenters. The van der Waals surface area contributed by atoms with Crippen LogP contribution in [-0.2, 0) is 9.59 Å².